The Balaban J connectivity index is 2.40. The van der Waals surface area contributed by atoms with E-state index in [-0.39, 0.29) is 11.7 Å². The van der Waals surface area contributed by atoms with Crippen molar-refractivity contribution in [3.63, 3.8) is 0 Å². The van der Waals surface area contributed by atoms with Crippen molar-refractivity contribution in [1.82, 2.24) is 10.1 Å². The van der Waals surface area contributed by atoms with Gasteiger partial charge < -0.3 is 10.3 Å². The number of halogens is 2. The van der Waals surface area contributed by atoms with Crippen molar-refractivity contribution in [3.8, 4) is 11.4 Å². The number of nitrogens with zero attached hydrogens (tertiary/aromatic N) is 2. The fourth-order valence-electron chi connectivity index (χ4n) is 1.24. The van der Waals surface area contributed by atoms with Gasteiger partial charge in [0.25, 0.3) is 0 Å². The Morgan fingerprint density at radius 2 is 1.94 bits per heavy atom. The average molecular weight is 239 g/mol. The molecule has 0 saturated carbocycles. The van der Waals surface area contributed by atoms with Gasteiger partial charge in [-0.2, -0.15) is 4.98 Å². The summed E-state index contributed by atoms with van der Waals surface area (Å²) in [5, 5.41) is 3.67. The van der Waals surface area contributed by atoms with Crippen LogP contribution >= 0.6 is 0 Å². The molecule has 0 unspecified atom stereocenters. The predicted octanol–water partition coefficient (Wildman–Crippen LogP) is 2.21. The van der Waals surface area contributed by atoms with E-state index in [1.165, 1.54) is 6.07 Å². The van der Waals surface area contributed by atoms with Gasteiger partial charge >= 0.3 is 0 Å². The van der Waals surface area contributed by atoms with Gasteiger partial charge in [-0.3, -0.25) is 0 Å². The molecule has 2 N–H and O–H groups in total. The normalized spacial score (nSPS) is 11.8. The molecule has 0 fully saturated rings. The maximum absolute atomic E-state index is 13.0. The number of aromatic nitrogens is 2. The van der Waals surface area contributed by atoms with Gasteiger partial charge in [-0.05, 0) is 32.0 Å². The smallest absolute Gasteiger partial charge is 0.246 e. The van der Waals surface area contributed by atoms with Gasteiger partial charge in [0.15, 0.2) is 11.6 Å². The first-order chi connectivity index (χ1) is 7.88. The topological polar surface area (TPSA) is 64.9 Å². The molecule has 4 nitrogen and oxygen atoms in total. The number of rotatable bonds is 2. The van der Waals surface area contributed by atoms with Gasteiger partial charge in [0, 0.05) is 5.56 Å². The molecule has 0 aliphatic carbocycles. The molecule has 1 aromatic heterocycles. The molecule has 0 aliphatic rings. The van der Waals surface area contributed by atoms with Crippen LogP contribution in [0.25, 0.3) is 11.4 Å². The summed E-state index contributed by atoms with van der Waals surface area (Å²) in [6.07, 6.45) is 0. The Bertz CT molecular complexity index is 546. The summed E-state index contributed by atoms with van der Waals surface area (Å²) in [5.74, 6) is -1.47. The molecular formula is C11H11F2N3O. The first kappa shape index (κ1) is 11.7. The molecule has 0 atom stereocenters. The Morgan fingerprint density at radius 1 is 1.24 bits per heavy atom. The highest BCUT2D eigenvalue weighted by Gasteiger charge is 2.23. The third kappa shape index (κ3) is 2.31. The Morgan fingerprint density at radius 3 is 2.47 bits per heavy atom. The third-order valence-corrected chi connectivity index (χ3v) is 2.16. The maximum Gasteiger partial charge on any atom is 0.246 e. The van der Waals surface area contributed by atoms with Crippen molar-refractivity contribution in [2.24, 2.45) is 5.73 Å². The summed E-state index contributed by atoms with van der Waals surface area (Å²) in [5.41, 5.74) is 5.33. The van der Waals surface area contributed by atoms with Crippen molar-refractivity contribution in [2.75, 3.05) is 0 Å². The summed E-state index contributed by atoms with van der Waals surface area (Å²) in [6, 6.07) is 3.39. The van der Waals surface area contributed by atoms with Crippen molar-refractivity contribution in [1.29, 1.82) is 0 Å². The highest BCUT2D eigenvalue weighted by Crippen LogP contribution is 2.21. The van der Waals surface area contributed by atoms with E-state index in [0.29, 0.717) is 5.56 Å². The molecule has 0 spiro atoms. The first-order valence-electron chi connectivity index (χ1n) is 4.96. The van der Waals surface area contributed by atoms with Crippen LogP contribution in [-0.4, -0.2) is 10.1 Å². The van der Waals surface area contributed by atoms with Crippen LogP contribution < -0.4 is 5.73 Å². The fourth-order valence-corrected chi connectivity index (χ4v) is 1.24. The summed E-state index contributed by atoms with van der Waals surface area (Å²) >= 11 is 0. The average Bonchev–Trinajstić information content (AvgIpc) is 2.70. The van der Waals surface area contributed by atoms with Crippen LogP contribution in [0.3, 0.4) is 0 Å². The molecule has 2 rings (SSSR count). The zero-order valence-electron chi connectivity index (χ0n) is 9.37. The first-order valence-corrected chi connectivity index (χ1v) is 4.96. The van der Waals surface area contributed by atoms with E-state index >= 15 is 0 Å². The second-order valence-corrected chi connectivity index (χ2v) is 4.27. The molecule has 0 aliphatic heterocycles. The zero-order chi connectivity index (χ0) is 12.6. The van der Waals surface area contributed by atoms with Crippen molar-refractivity contribution in [3.05, 3.63) is 35.7 Å². The lowest BCUT2D eigenvalue weighted by molar-refractivity contribution is 0.312. The van der Waals surface area contributed by atoms with Crippen LogP contribution in [0.15, 0.2) is 22.7 Å². The quantitative estimate of drug-likeness (QED) is 0.872. The Kier molecular flexibility index (Phi) is 2.66. The molecule has 0 amide bonds. The Labute approximate surface area is 96.4 Å². The lowest BCUT2D eigenvalue weighted by atomic mass is 10.1. The van der Waals surface area contributed by atoms with E-state index in [1.807, 2.05) is 0 Å². The summed E-state index contributed by atoms with van der Waals surface area (Å²) in [7, 11) is 0. The monoisotopic (exact) mass is 239 g/mol. The van der Waals surface area contributed by atoms with E-state index in [2.05, 4.69) is 10.1 Å². The summed E-state index contributed by atoms with van der Waals surface area (Å²) in [4.78, 5) is 4.03. The molecular weight excluding hydrogens is 228 g/mol. The second-order valence-electron chi connectivity index (χ2n) is 4.27. The maximum atomic E-state index is 13.0. The van der Waals surface area contributed by atoms with Crippen molar-refractivity contribution < 1.29 is 13.3 Å². The van der Waals surface area contributed by atoms with E-state index in [1.54, 1.807) is 13.8 Å². The van der Waals surface area contributed by atoms with Gasteiger partial charge in [0.05, 0.1) is 5.54 Å². The van der Waals surface area contributed by atoms with E-state index in [0.717, 1.165) is 12.1 Å². The van der Waals surface area contributed by atoms with E-state index < -0.39 is 17.2 Å². The van der Waals surface area contributed by atoms with E-state index in [9.17, 15) is 8.78 Å². The Hall–Kier alpha value is -1.82. The SMILES string of the molecule is CC(C)(N)c1nc(-c2ccc(F)c(F)c2)no1. The number of hydrogen-bond acceptors (Lipinski definition) is 4. The highest BCUT2D eigenvalue weighted by molar-refractivity contribution is 5.54. The zero-order valence-corrected chi connectivity index (χ0v) is 9.37. The molecule has 0 saturated heterocycles. The molecule has 1 aromatic carbocycles. The van der Waals surface area contributed by atoms with Crippen LogP contribution in [0.5, 0.6) is 0 Å². The minimum absolute atomic E-state index is 0.178. The van der Waals surface area contributed by atoms with Crippen LogP contribution in [0.1, 0.15) is 19.7 Å². The lowest BCUT2D eigenvalue weighted by Gasteiger charge is -2.10. The number of hydrogen-bond donors (Lipinski definition) is 1. The van der Waals surface area contributed by atoms with Gasteiger partial charge in [-0.15, -0.1) is 0 Å². The van der Waals surface area contributed by atoms with Gasteiger partial charge in [0.2, 0.25) is 11.7 Å². The summed E-state index contributed by atoms with van der Waals surface area (Å²) < 4.78 is 30.7. The third-order valence-electron chi connectivity index (χ3n) is 2.16. The van der Waals surface area contributed by atoms with Crippen LogP contribution in [0, 0.1) is 11.6 Å². The largest absolute Gasteiger partial charge is 0.337 e. The molecule has 2 aromatic rings. The summed E-state index contributed by atoms with van der Waals surface area (Å²) in [6.45, 7) is 3.41. The minimum atomic E-state index is -0.958. The molecule has 0 bridgehead atoms. The van der Waals surface area contributed by atoms with Crippen molar-refractivity contribution >= 4 is 0 Å². The van der Waals surface area contributed by atoms with Gasteiger partial charge in [0.1, 0.15) is 0 Å². The molecule has 17 heavy (non-hydrogen) atoms. The molecule has 1 heterocycles. The number of nitrogens with two attached hydrogens (primary N) is 1. The standard InChI is InChI=1S/C11H11F2N3O/c1-11(2,14)10-15-9(16-17-10)6-3-4-7(12)8(13)5-6/h3-5H,14H2,1-2H3. The van der Waals surface area contributed by atoms with Crippen molar-refractivity contribution in [2.45, 2.75) is 19.4 Å². The fraction of sp³-hybridized carbons (Fsp3) is 0.273. The second kappa shape index (κ2) is 3.89. The van der Waals surface area contributed by atoms with Gasteiger partial charge in [-0.1, -0.05) is 5.16 Å². The number of benzene rings is 1. The molecule has 0 radical (unpaired) electrons. The van der Waals surface area contributed by atoms with E-state index in [4.69, 9.17) is 10.3 Å². The van der Waals surface area contributed by atoms with Crippen LogP contribution in [-0.2, 0) is 5.54 Å². The lowest BCUT2D eigenvalue weighted by Crippen LogP contribution is -2.28. The molecule has 90 valence electrons. The predicted molar refractivity (Wildman–Crippen MR) is 56.9 cm³/mol. The van der Waals surface area contributed by atoms with Crippen LogP contribution in [0.4, 0.5) is 8.78 Å². The van der Waals surface area contributed by atoms with Gasteiger partial charge in [-0.25, -0.2) is 8.78 Å². The highest BCUT2D eigenvalue weighted by atomic mass is 19.2. The molecule has 6 heteroatoms. The minimum Gasteiger partial charge on any atom is -0.337 e. The van der Waals surface area contributed by atoms with Crippen LogP contribution in [0.2, 0.25) is 0 Å².